The minimum absolute atomic E-state index is 0.0228. The van der Waals surface area contributed by atoms with Gasteiger partial charge in [-0.3, -0.25) is 10.1 Å². The Morgan fingerprint density at radius 2 is 2.10 bits per heavy atom. The number of rotatable bonds is 8. The topological polar surface area (TPSA) is 87.4 Å². The Balaban J connectivity index is 2.64. The summed E-state index contributed by atoms with van der Waals surface area (Å²) < 4.78 is 0. The Morgan fingerprint density at radius 3 is 2.62 bits per heavy atom. The van der Waals surface area contributed by atoms with E-state index in [1.165, 1.54) is 0 Å². The zero-order chi connectivity index (χ0) is 16.0. The maximum absolute atomic E-state index is 11.0. The zero-order valence-corrected chi connectivity index (χ0v) is 13.1. The fourth-order valence-corrected chi connectivity index (χ4v) is 2.47. The molecule has 0 saturated carbocycles. The number of nitrogens with zero attached hydrogens (tertiary/aromatic N) is 1. The van der Waals surface area contributed by atoms with Crippen molar-refractivity contribution in [2.24, 2.45) is 5.41 Å². The van der Waals surface area contributed by atoms with Gasteiger partial charge in [-0.15, -0.1) is 0 Å². The summed E-state index contributed by atoms with van der Waals surface area (Å²) in [6.45, 7) is 7.24. The number of nitrogens with one attached hydrogen (secondary N) is 2. The van der Waals surface area contributed by atoms with E-state index in [0.29, 0.717) is 18.7 Å². The molecule has 0 aromatic heterocycles. The normalized spacial score (nSPS) is 13.0. The zero-order valence-electron chi connectivity index (χ0n) is 13.1. The van der Waals surface area contributed by atoms with E-state index >= 15 is 0 Å². The van der Waals surface area contributed by atoms with Crippen LogP contribution in [0.3, 0.4) is 0 Å². The minimum atomic E-state index is -0.382. The van der Waals surface area contributed by atoms with Gasteiger partial charge in [0.15, 0.2) is 0 Å². The van der Waals surface area contributed by atoms with Crippen LogP contribution in [0.25, 0.3) is 0 Å². The van der Waals surface area contributed by atoms with Crippen LogP contribution in [0.15, 0.2) is 18.2 Å². The lowest BCUT2D eigenvalue weighted by Crippen LogP contribution is -2.31. The molecule has 0 fully saturated rings. The average Bonchev–Trinajstić information content (AvgIpc) is 2.36. The molecule has 6 heteroatoms. The van der Waals surface area contributed by atoms with Crippen LogP contribution in [-0.4, -0.2) is 29.7 Å². The van der Waals surface area contributed by atoms with Crippen molar-refractivity contribution in [1.82, 2.24) is 5.32 Å². The summed E-state index contributed by atoms with van der Waals surface area (Å²) >= 11 is 0. The van der Waals surface area contributed by atoms with Crippen molar-refractivity contribution >= 4 is 11.4 Å². The van der Waals surface area contributed by atoms with Gasteiger partial charge in [-0.25, -0.2) is 0 Å². The van der Waals surface area contributed by atoms with Gasteiger partial charge in [-0.1, -0.05) is 19.9 Å². The standard InChI is InChI=1S/C15H25N3O3/c1-11(19)8-15(2,3)10-17-9-12-5-6-13(16-4)14(7-12)18(20)21/h5-7,11,16-17,19H,8-10H2,1-4H3. The number of hydrogen-bond acceptors (Lipinski definition) is 5. The predicted octanol–water partition coefficient (Wildman–Crippen LogP) is 2.52. The van der Waals surface area contributed by atoms with E-state index < -0.39 is 0 Å². The van der Waals surface area contributed by atoms with Gasteiger partial charge >= 0.3 is 0 Å². The number of benzene rings is 1. The first kappa shape index (κ1) is 17.4. The third-order valence-corrected chi connectivity index (χ3v) is 3.31. The third-order valence-electron chi connectivity index (χ3n) is 3.31. The van der Waals surface area contributed by atoms with Gasteiger partial charge < -0.3 is 15.7 Å². The summed E-state index contributed by atoms with van der Waals surface area (Å²) in [4.78, 5) is 10.6. The summed E-state index contributed by atoms with van der Waals surface area (Å²) in [6.07, 6.45) is 0.372. The summed E-state index contributed by atoms with van der Waals surface area (Å²) in [5.41, 5.74) is 1.44. The average molecular weight is 295 g/mol. The highest BCUT2D eigenvalue weighted by molar-refractivity contribution is 5.62. The lowest BCUT2D eigenvalue weighted by atomic mass is 9.87. The van der Waals surface area contributed by atoms with E-state index in [0.717, 1.165) is 12.1 Å². The van der Waals surface area contributed by atoms with Crippen molar-refractivity contribution in [3.05, 3.63) is 33.9 Å². The number of nitro benzene ring substituents is 1. The second-order valence-corrected chi connectivity index (χ2v) is 6.18. The first-order valence-electron chi connectivity index (χ1n) is 7.09. The molecule has 118 valence electrons. The number of anilines is 1. The Labute approximate surface area is 125 Å². The van der Waals surface area contributed by atoms with Crippen LogP contribution in [0.2, 0.25) is 0 Å². The van der Waals surface area contributed by atoms with E-state index in [1.54, 1.807) is 26.1 Å². The van der Waals surface area contributed by atoms with Crippen molar-refractivity contribution in [1.29, 1.82) is 0 Å². The minimum Gasteiger partial charge on any atom is -0.393 e. The molecule has 21 heavy (non-hydrogen) atoms. The molecular formula is C15H25N3O3. The smallest absolute Gasteiger partial charge is 0.292 e. The SMILES string of the molecule is CNc1ccc(CNCC(C)(C)CC(C)O)cc1[N+](=O)[O-]. The number of aliphatic hydroxyl groups excluding tert-OH is 1. The Bertz CT molecular complexity index is 487. The van der Waals surface area contributed by atoms with Crippen molar-refractivity contribution in [3.63, 3.8) is 0 Å². The molecule has 0 aliphatic heterocycles. The predicted molar refractivity (Wildman–Crippen MR) is 84.4 cm³/mol. The van der Waals surface area contributed by atoms with Crippen LogP contribution in [0.5, 0.6) is 0 Å². The quantitative estimate of drug-likeness (QED) is 0.506. The first-order valence-corrected chi connectivity index (χ1v) is 7.09. The molecule has 0 amide bonds. The molecule has 1 unspecified atom stereocenters. The van der Waals surface area contributed by atoms with Crippen LogP contribution < -0.4 is 10.6 Å². The van der Waals surface area contributed by atoms with Gasteiger partial charge in [0.2, 0.25) is 0 Å². The monoisotopic (exact) mass is 295 g/mol. The van der Waals surface area contributed by atoms with Gasteiger partial charge in [0, 0.05) is 26.2 Å². The van der Waals surface area contributed by atoms with Gasteiger partial charge in [-0.05, 0) is 30.4 Å². The van der Waals surface area contributed by atoms with Crippen LogP contribution in [0.4, 0.5) is 11.4 Å². The maximum Gasteiger partial charge on any atom is 0.292 e. The van der Waals surface area contributed by atoms with Crippen molar-refractivity contribution in [3.8, 4) is 0 Å². The maximum atomic E-state index is 11.0. The summed E-state index contributed by atoms with van der Waals surface area (Å²) in [7, 11) is 1.67. The van der Waals surface area contributed by atoms with Crippen molar-refractivity contribution in [2.45, 2.75) is 39.8 Å². The van der Waals surface area contributed by atoms with E-state index in [4.69, 9.17) is 0 Å². The first-order chi connectivity index (χ1) is 9.75. The van der Waals surface area contributed by atoms with Crippen LogP contribution in [0, 0.1) is 15.5 Å². The lowest BCUT2D eigenvalue weighted by Gasteiger charge is -2.26. The second-order valence-electron chi connectivity index (χ2n) is 6.18. The molecule has 6 nitrogen and oxygen atoms in total. The fraction of sp³-hybridized carbons (Fsp3) is 0.600. The molecule has 0 radical (unpaired) electrons. The van der Waals surface area contributed by atoms with E-state index in [1.807, 2.05) is 6.07 Å². The molecule has 1 atom stereocenters. The Kier molecular flexibility index (Phi) is 6.11. The van der Waals surface area contributed by atoms with Crippen LogP contribution in [0.1, 0.15) is 32.8 Å². The second kappa shape index (κ2) is 7.38. The molecular weight excluding hydrogens is 270 g/mol. The number of nitro groups is 1. The van der Waals surface area contributed by atoms with Crippen LogP contribution in [-0.2, 0) is 6.54 Å². The largest absolute Gasteiger partial charge is 0.393 e. The molecule has 1 aromatic carbocycles. The molecule has 0 bridgehead atoms. The number of aliphatic hydroxyl groups is 1. The van der Waals surface area contributed by atoms with E-state index in [-0.39, 0.29) is 22.1 Å². The highest BCUT2D eigenvalue weighted by atomic mass is 16.6. The Morgan fingerprint density at radius 1 is 1.43 bits per heavy atom. The van der Waals surface area contributed by atoms with Gasteiger partial charge in [0.1, 0.15) is 5.69 Å². The van der Waals surface area contributed by atoms with E-state index in [2.05, 4.69) is 24.5 Å². The summed E-state index contributed by atoms with van der Waals surface area (Å²) in [5.74, 6) is 0. The molecule has 1 aromatic rings. The van der Waals surface area contributed by atoms with Gasteiger partial charge in [0.05, 0.1) is 11.0 Å². The summed E-state index contributed by atoms with van der Waals surface area (Å²) in [6, 6.07) is 5.17. The Hall–Kier alpha value is -1.66. The third kappa shape index (κ3) is 5.69. The molecule has 3 N–H and O–H groups in total. The van der Waals surface area contributed by atoms with Crippen LogP contribution >= 0.6 is 0 Å². The molecule has 0 spiro atoms. The van der Waals surface area contributed by atoms with Crippen molar-refractivity contribution < 1.29 is 10.0 Å². The molecule has 1 rings (SSSR count). The van der Waals surface area contributed by atoms with Gasteiger partial charge in [-0.2, -0.15) is 0 Å². The fourth-order valence-electron chi connectivity index (χ4n) is 2.47. The molecule has 0 aliphatic rings. The summed E-state index contributed by atoms with van der Waals surface area (Å²) in [5, 5.41) is 26.6. The number of hydrogen-bond donors (Lipinski definition) is 3. The molecule has 0 saturated heterocycles. The molecule has 0 heterocycles. The van der Waals surface area contributed by atoms with Gasteiger partial charge in [0.25, 0.3) is 5.69 Å². The van der Waals surface area contributed by atoms with Crippen molar-refractivity contribution in [2.75, 3.05) is 18.9 Å². The highest BCUT2D eigenvalue weighted by Crippen LogP contribution is 2.25. The lowest BCUT2D eigenvalue weighted by molar-refractivity contribution is -0.384. The highest BCUT2D eigenvalue weighted by Gasteiger charge is 2.20. The van der Waals surface area contributed by atoms with E-state index in [9.17, 15) is 15.2 Å². The molecule has 0 aliphatic carbocycles.